The maximum atomic E-state index is 10.9. The van der Waals surface area contributed by atoms with Crippen LogP contribution in [0.25, 0.3) is 0 Å². The Labute approximate surface area is 125 Å². The van der Waals surface area contributed by atoms with Gasteiger partial charge in [-0.3, -0.25) is 4.98 Å². The summed E-state index contributed by atoms with van der Waals surface area (Å²) in [5.74, 6) is 1.98. The van der Waals surface area contributed by atoms with Gasteiger partial charge >= 0.3 is 0 Å². The molecule has 2 atom stereocenters. The van der Waals surface area contributed by atoms with Crippen LogP contribution in [0.5, 0.6) is 0 Å². The zero-order valence-corrected chi connectivity index (χ0v) is 13.9. The lowest BCUT2D eigenvalue weighted by Gasteiger charge is -2.10. The minimum Gasteiger partial charge on any atom is -0.312 e. The van der Waals surface area contributed by atoms with Crippen LogP contribution in [0.3, 0.4) is 0 Å². The maximum Gasteiger partial charge on any atom is 0.210 e. The average molecular weight is 274 g/mol. The Kier molecular flexibility index (Phi) is 10.1. The molecule has 0 aliphatic heterocycles. The van der Waals surface area contributed by atoms with Crippen LogP contribution < -0.4 is 0 Å². The molecule has 1 heterocycles. The number of carbonyl (C=O) groups excluding carboxylic acids is 1. The molecule has 0 spiro atoms. The predicted molar refractivity (Wildman–Crippen MR) is 88.0 cm³/mol. The van der Waals surface area contributed by atoms with E-state index >= 15 is 0 Å². The second kappa shape index (κ2) is 10.6. The molecule has 2 nitrogen and oxygen atoms in total. The number of pyridine rings is 1. The van der Waals surface area contributed by atoms with Gasteiger partial charge in [0.25, 0.3) is 0 Å². The smallest absolute Gasteiger partial charge is 0.210 e. The summed E-state index contributed by atoms with van der Waals surface area (Å²) in [6.45, 7) is 12.7. The normalized spacial score (nSPS) is 13.2. The lowest BCUT2D eigenvalue weighted by atomic mass is 9.58. The lowest BCUT2D eigenvalue weighted by Crippen LogP contribution is -2.15. The van der Waals surface area contributed by atoms with Crippen LogP contribution in [0.15, 0.2) is 24.5 Å². The third-order valence-electron chi connectivity index (χ3n) is 3.77. The Balaban J connectivity index is 0.000000441. The number of hydrogen-bond donors (Lipinski definition) is 0. The molecule has 20 heavy (non-hydrogen) atoms. The Bertz CT molecular complexity index is 365. The van der Waals surface area contributed by atoms with Crippen molar-refractivity contribution in [2.24, 2.45) is 11.8 Å². The molecule has 1 radical (unpaired) electrons. The number of rotatable bonds is 6. The van der Waals surface area contributed by atoms with E-state index in [0.29, 0.717) is 0 Å². The SMILES string of the molecule is CCC(C)C(C)C.CCC([B]C(C)=O)c1cccnc1. The van der Waals surface area contributed by atoms with Crippen molar-refractivity contribution in [1.82, 2.24) is 4.98 Å². The fraction of sp³-hybridized carbons (Fsp3) is 0.647. The van der Waals surface area contributed by atoms with E-state index in [4.69, 9.17) is 0 Å². The van der Waals surface area contributed by atoms with Crippen molar-refractivity contribution < 1.29 is 4.79 Å². The van der Waals surface area contributed by atoms with Gasteiger partial charge in [-0.1, -0.05) is 53.5 Å². The summed E-state index contributed by atoms with van der Waals surface area (Å²) in [5, 5.41) is 0. The summed E-state index contributed by atoms with van der Waals surface area (Å²) < 4.78 is 0. The van der Waals surface area contributed by atoms with Crippen LogP contribution in [0.1, 0.15) is 65.8 Å². The Hall–Kier alpha value is -1.12. The molecule has 1 aromatic rings. The van der Waals surface area contributed by atoms with E-state index in [-0.39, 0.29) is 11.5 Å². The van der Waals surface area contributed by atoms with Gasteiger partial charge in [-0.15, -0.1) is 0 Å². The molecule has 0 aliphatic rings. The first-order valence-corrected chi connectivity index (χ1v) is 7.67. The molecular weight excluding hydrogens is 245 g/mol. The lowest BCUT2D eigenvalue weighted by molar-refractivity contribution is -0.110. The molecule has 2 unspecified atom stereocenters. The number of aromatic nitrogens is 1. The van der Waals surface area contributed by atoms with Crippen molar-refractivity contribution in [3.8, 4) is 0 Å². The average Bonchev–Trinajstić information content (AvgIpc) is 2.45. The van der Waals surface area contributed by atoms with Crippen molar-refractivity contribution in [3.63, 3.8) is 0 Å². The van der Waals surface area contributed by atoms with Crippen molar-refractivity contribution in [2.75, 3.05) is 0 Å². The molecule has 111 valence electrons. The van der Waals surface area contributed by atoms with Crippen LogP contribution in [-0.4, -0.2) is 17.9 Å². The predicted octanol–water partition coefficient (Wildman–Crippen LogP) is 4.47. The highest BCUT2D eigenvalue weighted by Gasteiger charge is 2.13. The van der Waals surface area contributed by atoms with Crippen molar-refractivity contribution in [1.29, 1.82) is 0 Å². The fourth-order valence-electron chi connectivity index (χ4n) is 1.80. The van der Waals surface area contributed by atoms with Crippen LogP contribution in [-0.2, 0) is 4.79 Å². The molecule has 0 aromatic carbocycles. The highest BCUT2D eigenvalue weighted by Crippen LogP contribution is 2.16. The van der Waals surface area contributed by atoms with Gasteiger partial charge in [-0.2, -0.15) is 0 Å². The molecule has 0 amide bonds. The summed E-state index contributed by atoms with van der Waals surface area (Å²) in [6.07, 6.45) is 5.81. The van der Waals surface area contributed by atoms with Crippen LogP contribution >= 0.6 is 0 Å². The second-order valence-corrected chi connectivity index (χ2v) is 5.71. The van der Waals surface area contributed by atoms with Gasteiger partial charge in [0.1, 0.15) is 0 Å². The molecule has 0 aliphatic carbocycles. The molecule has 0 bridgehead atoms. The largest absolute Gasteiger partial charge is 0.312 e. The van der Waals surface area contributed by atoms with Gasteiger partial charge in [0.2, 0.25) is 7.28 Å². The van der Waals surface area contributed by atoms with Gasteiger partial charge < -0.3 is 4.79 Å². The second-order valence-electron chi connectivity index (χ2n) is 5.71. The molecule has 0 fully saturated rings. The number of carbonyl (C=O) groups is 1. The monoisotopic (exact) mass is 274 g/mol. The van der Waals surface area contributed by atoms with E-state index in [9.17, 15) is 4.79 Å². The quantitative estimate of drug-likeness (QED) is 0.716. The standard InChI is InChI=1S/C10H13BNO.C7H16/c1-3-10(11-8(2)13)9-5-4-6-12-7-9;1-5-7(4)6(2)3/h4-7,10H,3H2,1-2H3;6-7H,5H2,1-4H3. The van der Waals surface area contributed by atoms with Crippen molar-refractivity contribution >= 4 is 13.0 Å². The summed E-state index contributed by atoms with van der Waals surface area (Å²) in [5.41, 5.74) is 1.23. The molecule has 0 saturated heterocycles. The van der Waals surface area contributed by atoms with E-state index in [0.717, 1.165) is 23.8 Å². The van der Waals surface area contributed by atoms with E-state index in [1.165, 1.54) is 6.42 Å². The van der Waals surface area contributed by atoms with Gasteiger partial charge in [-0.05, 0) is 36.2 Å². The van der Waals surface area contributed by atoms with Gasteiger partial charge in [-0.25, -0.2) is 0 Å². The molecule has 3 heteroatoms. The van der Waals surface area contributed by atoms with E-state index < -0.39 is 0 Å². The van der Waals surface area contributed by atoms with E-state index in [2.05, 4.69) is 39.6 Å². The highest BCUT2D eigenvalue weighted by molar-refractivity contribution is 6.74. The van der Waals surface area contributed by atoms with Gasteiger partial charge in [0, 0.05) is 12.4 Å². The van der Waals surface area contributed by atoms with Crippen LogP contribution in [0, 0.1) is 11.8 Å². The van der Waals surface area contributed by atoms with Crippen LogP contribution in [0.4, 0.5) is 0 Å². The zero-order chi connectivity index (χ0) is 15.5. The van der Waals surface area contributed by atoms with Crippen molar-refractivity contribution in [3.05, 3.63) is 30.1 Å². The Morgan fingerprint density at radius 2 is 1.90 bits per heavy atom. The minimum atomic E-state index is 0.121. The summed E-state index contributed by atoms with van der Waals surface area (Å²) >= 11 is 0. The summed E-state index contributed by atoms with van der Waals surface area (Å²) in [6, 6.07) is 3.90. The minimum absolute atomic E-state index is 0.121. The highest BCUT2D eigenvalue weighted by atomic mass is 16.1. The summed E-state index contributed by atoms with van der Waals surface area (Å²) in [7, 11) is 1.75. The zero-order valence-electron chi connectivity index (χ0n) is 13.9. The third-order valence-corrected chi connectivity index (χ3v) is 3.77. The summed E-state index contributed by atoms with van der Waals surface area (Å²) in [4.78, 5) is 14.9. The third kappa shape index (κ3) is 8.14. The topological polar surface area (TPSA) is 30.0 Å². The molecule has 0 N–H and O–H groups in total. The molecule has 1 aromatic heterocycles. The maximum absolute atomic E-state index is 10.9. The Morgan fingerprint density at radius 1 is 1.25 bits per heavy atom. The first-order valence-electron chi connectivity index (χ1n) is 7.67. The fourth-order valence-corrected chi connectivity index (χ4v) is 1.80. The molecule has 0 saturated carbocycles. The number of nitrogens with zero attached hydrogens (tertiary/aromatic N) is 1. The van der Waals surface area contributed by atoms with Gasteiger partial charge in [0.05, 0.1) is 5.68 Å². The van der Waals surface area contributed by atoms with Crippen molar-refractivity contribution in [2.45, 2.75) is 60.2 Å². The molecule has 1 rings (SSSR count). The number of hydrogen-bond acceptors (Lipinski definition) is 2. The first kappa shape index (κ1) is 18.9. The molecular formula is C17H29BNO. The van der Waals surface area contributed by atoms with E-state index in [1.807, 2.05) is 18.3 Å². The first-order chi connectivity index (χ1) is 9.42. The van der Waals surface area contributed by atoms with Gasteiger partial charge in [0.15, 0.2) is 0 Å². The Morgan fingerprint density at radius 3 is 2.20 bits per heavy atom. The van der Waals surface area contributed by atoms with Crippen LogP contribution in [0.2, 0.25) is 0 Å². The van der Waals surface area contributed by atoms with E-state index in [1.54, 1.807) is 20.4 Å².